The number of hydrogen-bond acceptors (Lipinski definition) is 4. The molecule has 136 valence electrons. The lowest BCUT2D eigenvalue weighted by Crippen LogP contribution is -2.38. The van der Waals surface area contributed by atoms with Gasteiger partial charge in [-0.1, -0.05) is 30.3 Å². The van der Waals surface area contributed by atoms with Crippen molar-refractivity contribution in [3.63, 3.8) is 0 Å². The average molecular weight is 353 g/mol. The van der Waals surface area contributed by atoms with Gasteiger partial charge in [-0.25, -0.2) is 0 Å². The smallest absolute Gasteiger partial charge is 0.227 e. The van der Waals surface area contributed by atoms with Crippen LogP contribution in [-0.2, 0) is 20.7 Å². The highest BCUT2D eigenvalue weighted by atomic mass is 16.7. The summed E-state index contributed by atoms with van der Waals surface area (Å²) >= 11 is 0. The summed E-state index contributed by atoms with van der Waals surface area (Å²) in [5, 5.41) is 0. The van der Waals surface area contributed by atoms with Crippen LogP contribution < -0.4 is 4.74 Å². The minimum atomic E-state index is -0.590. The topological polar surface area (TPSA) is 48.0 Å². The van der Waals surface area contributed by atoms with Crippen LogP contribution in [0.5, 0.6) is 11.5 Å². The van der Waals surface area contributed by atoms with E-state index in [0.717, 1.165) is 23.5 Å². The molecule has 2 saturated heterocycles. The van der Waals surface area contributed by atoms with Gasteiger partial charge in [0.25, 0.3) is 0 Å². The van der Waals surface area contributed by atoms with Crippen molar-refractivity contribution in [1.29, 1.82) is 0 Å². The molecule has 2 fully saturated rings. The maximum atomic E-state index is 12.8. The summed E-state index contributed by atoms with van der Waals surface area (Å²) in [6.07, 6.45) is 1.07. The minimum absolute atomic E-state index is 0.0883. The molecule has 5 nitrogen and oxygen atoms in total. The summed E-state index contributed by atoms with van der Waals surface area (Å²) in [5.74, 6) is 1.01. The van der Waals surface area contributed by atoms with Gasteiger partial charge in [0.05, 0.1) is 26.2 Å². The fraction of sp³-hybridized carbons (Fsp3) is 0.381. The number of carbonyl (C=O) groups is 1. The van der Waals surface area contributed by atoms with Gasteiger partial charge in [0.2, 0.25) is 5.91 Å². The van der Waals surface area contributed by atoms with Gasteiger partial charge in [0.15, 0.2) is 5.79 Å². The third-order valence-electron chi connectivity index (χ3n) is 4.92. The average Bonchev–Trinajstić information content (AvgIpc) is 3.22. The Labute approximate surface area is 153 Å². The Morgan fingerprint density at radius 3 is 2.62 bits per heavy atom. The first kappa shape index (κ1) is 17.1. The van der Waals surface area contributed by atoms with Gasteiger partial charge in [-0.3, -0.25) is 4.79 Å². The van der Waals surface area contributed by atoms with Crippen LogP contribution in [0.1, 0.15) is 18.9 Å². The Kier molecular flexibility index (Phi) is 4.66. The van der Waals surface area contributed by atoms with Crippen molar-refractivity contribution in [2.45, 2.75) is 31.6 Å². The molecule has 0 radical (unpaired) electrons. The molecule has 2 aromatic rings. The fourth-order valence-electron chi connectivity index (χ4n) is 3.70. The second-order valence-electron chi connectivity index (χ2n) is 6.92. The van der Waals surface area contributed by atoms with Crippen LogP contribution in [0.2, 0.25) is 0 Å². The first-order valence-corrected chi connectivity index (χ1v) is 9.03. The molecule has 1 unspecified atom stereocenters. The van der Waals surface area contributed by atoms with Crippen LogP contribution >= 0.6 is 0 Å². The SMILES string of the molecule is CC1CC2(CN1C(=O)Cc1cccc(Oc3ccccc3)c1)OCCO2. The van der Waals surface area contributed by atoms with Crippen LogP contribution in [-0.4, -0.2) is 42.4 Å². The van der Waals surface area contributed by atoms with E-state index < -0.39 is 5.79 Å². The monoisotopic (exact) mass is 353 g/mol. The van der Waals surface area contributed by atoms with E-state index >= 15 is 0 Å². The zero-order valence-electron chi connectivity index (χ0n) is 14.9. The van der Waals surface area contributed by atoms with Crippen molar-refractivity contribution in [2.24, 2.45) is 0 Å². The van der Waals surface area contributed by atoms with Crippen LogP contribution in [0.15, 0.2) is 54.6 Å². The predicted molar refractivity (Wildman–Crippen MR) is 97.1 cm³/mol. The zero-order chi connectivity index (χ0) is 18.0. The molecule has 26 heavy (non-hydrogen) atoms. The number of benzene rings is 2. The Morgan fingerprint density at radius 2 is 1.85 bits per heavy atom. The van der Waals surface area contributed by atoms with Crippen molar-refractivity contribution in [2.75, 3.05) is 19.8 Å². The largest absolute Gasteiger partial charge is 0.457 e. The number of amides is 1. The summed E-state index contributed by atoms with van der Waals surface area (Å²) in [5.41, 5.74) is 0.935. The molecule has 1 atom stereocenters. The molecule has 2 aliphatic rings. The highest BCUT2D eigenvalue weighted by Gasteiger charge is 2.48. The Bertz CT molecular complexity index is 771. The highest BCUT2D eigenvalue weighted by molar-refractivity contribution is 5.79. The van der Waals surface area contributed by atoms with Gasteiger partial charge in [-0.05, 0) is 36.8 Å². The van der Waals surface area contributed by atoms with Crippen LogP contribution in [0.25, 0.3) is 0 Å². The Balaban J connectivity index is 1.42. The maximum Gasteiger partial charge on any atom is 0.227 e. The second kappa shape index (κ2) is 7.09. The molecule has 2 aliphatic heterocycles. The molecule has 0 saturated carbocycles. The van der Waals surface area contributed by atoms with E-state index in [0.29, 0.717) is 26.2 Å². The third-order valence-corrected chi connectivity index (χ3v) is 4.92. The van der Waals surface area contributed by atoms with Crippen LogP contribution in [0, 0.1) is 0 Å². The molecule has 0 aromatic heterocycles. The molecule has 2 heterocycles. The summed E-state index contributed by atoms with van der Waals surface area (Å²) in [6.45, 7) is 3.76. The summed E-state index contributed by atoms with van der Waals surface area (Å²) in [7, 11) is 0. The molecule has 1 spiro atoms. The van der Waals surface area contributed by atoms with Gasteiger partial charge in [-0.2, -0.15) is 0 Å². The van der Waals surface area contributed by atoms with E-state index in [1.165, 1.54) is 0 Å². The van der Waals surface area contributed by atoms with Crippen molar-refractivity contribution in [3.05, 3.63) is 60.2 Å². The molecule has 0 bridgehead atoms. The van der Waals surface area contributed by atoms with Gasteiger partial charge in [0, 0.05) is 12.5 Å². The number of likely N-dealkylation sites (tertiary alicyclic amines) is 1. The minimum Gasteiger partial charge on any atom is -0.457 e. The van der Waals surface area contributed by atoms with E-state index in [9.17, 15) is 4.79 Å². The van der Waals surface area contributed by atoms with Crippen molar-refractivity contribution >= 4 is 5.91 Å². The summed E-state index contributed by atoms with van der Waals surface area (Å²) in [6, 6.07) is 17.4. The highest BCUT2D eigenvalue weighted by Crippen LogP contribution is 2.34. The molecule has 0 aliphatic carbocycles. The van der Waals surface area contributed by atoms with Crippen molar-refractivity contribution in [1.82, 2.24) is 4.90 Å². The van der Waals surface area contributed by atoms with Gasteiger partial charge < -0.3 is 19.1 Å². The predicted octanol–water partition coefficient (Wildman–Crippen LogP) is 3.39. The molecule has 5 heteroatoms. The van der Waals surface area contributed by atoms with Gasteiger partial charge in [0.1, 0.15) is 11.5 Å². The molecule has 0 N–H and O–H groups in total. The number of rotatable bonds is 4. The zero-order valence-corrected chi connectivity index (χ0v) is 14.9. The lowest BCUT2D eigenvalue weighted by molar-refractivity contribution is -0.152. The maximum absolute atomic E-state index is 12.8. The lowest BCUT2D eigenvalue weighted by Gasteiger charge is -2.23. The lowest BCUT2D eigenvalue weighted by atomic mass is 10.1. The Morgan fingerprint density at radius 1 is 1.12 bits per heavy atom. The van der Waals surface area contributed by atoms with Gasteiger partial charge in [-0.15, -0.1) is 0 Å². The summed E-state index contributed by atoms with van der Waals surface area (Å²) < 4.78 is 17.4. The van der Waals surface area contributed by atoms with E-state index in [2.05, 4.69) is 0 Å². The number of para-hydroxylation sites is 1. The van der Waals surface area contributed by atoms with E-state index in [1.54, 1.807) is 0 Å². The first-order chi connectivity index (χ1) is 12.6. The van der Waals surface area contributed by atoms with Crippen LogP contribution in [0.4, 0.5) is 0 Å². The number of ether oxygens (including phenoxy) is 3. The molecule has 4 rings (SSSR count). The fourth-order valence-corrected chi connectivity index (χ4v) is 3.70. The number of hydrogen-bond donors (Lipinski definition) is 0. The van der Waals surface area contributed by atoms with Crippen molar-refractivity contribution < 1.29 is 19.0 Å². The standard InChI is InChI=1S/C21H23NO4/c1-16-14-21(24-10-11-25-21)15-22(16)20(23)13-17-6-5-9-19(12-17)26-18-7-3-2-4-8-18/h2-9,12,16H,10-11,13-15H2,1H3. The van der Waals surface area contributed by atoms with E-state index in [-0.39, 0.29) is 11.9 Å². The summed E-state index contributed by atoms with van der Waals surface area (Å²) in [4.78, 5) is 14.7. The quantitative estimate of drug-likeness (QED) is 0.845. The normalized spacial score (nSPS) is 21.3. The molecule has 1 amide bonds. The number of nitrogens with zero attached hydrogens (tertiary/aromatic N) is 1. The van der Waals surface area contributed by atoms with Crippen LogP contribution in [0.3, 0.4) is 0 Å². The Hall–Kier alpha value is -2.37. The van der Waals surface area contributed by atoms with Gasteiger partial charge >= 0.3 is 0 Å². The molecule has 2 aromatic carbocycles. The second-order valence-corrected chi connectivity index (χ2v) is 6.92. The first-order valence-electron chi connectivity index (χ1n) is 9.03. The molecular formula is C21H23NO4. The number of carbonyl (C=O) groups excluding carboxylic acids is 1. The van der Waals surface area contributed by atoms with Crippen molar-refractivity contribution in [3.8, 4) is 11.5 Å². The third kappa shape index (κ3) is 3.59. The molecular weight excluding hydrogens is 330 g/mol. The van der Waals surface area contributed by atoms with E-state index in [1.807, 2.05) is 66.4 Å². The van der Waals surface area contributed by atoms with E-state index in [4.69, 9.17) is 14.2 Å².